The van der Waals surface area contributed by atoms with Gasteiger partial charge in [-0.25, -0.2) is 4.39 Å². The first kappa shape index (κ1) is 19.9. The Morgan fingerprint density at radius 2 is 1.96 bits per heavy atom. The number of benzene rings is 2. The lowest BCUT2D eigenvalue weighted by molar-refractivity contribution is 0.300. The summed E-state index contributed by atoms with van der Waals surface area (Å²) in [5, 5.41) is 9.99. The Balaban J connectivity index is 1.97. The van der Waals surface area contributed by atoms with Gasteiger partial charge in [0.05, 0.1) is 0 Å². The molecule has 2 aromatic carbocycles. The van der Waals surface area contributed by atoms with Crippen LogP contribution in [0.5, 0.6) is 11.5 Å². The molecule has 0 aliphatic heterocycles. The summed E-state index contributed by atoms with van der Waals surface area (Å²) in [4.78, 5) is 18.0. The lowest BCUT2D eigenvalue weighted by Gasteiger charge is -2.19. The Labute approximate surface area is 158 Å². The summed E-state index contributed by atoms with van der Waals surface area (Å²) in [5.74, 6) is -0.447. The molecule has 0 saturated carbocycles. The van der Waals surface area contributed by atoms with E-state index in [4.69, 9.17) is 14.5 Å². The van der Waals surface area contributed by atoms with E-state index in [1.807, 2.05) is 26.8 Å². The minimum Gasteiger partial charge on any atom is -0.505 e. The van der Waals surface area contributed by atoms with E-state index in [1.165, 1.54) is 6.07 Å². The fourth-order valence-electron chi connectivity index (χ4n) is 3.84. The second-order valence-electron chi connectivity index (χ2n) is 7.44. The number of fused-ring (bicyclic) bond motifs is 1. The minimum absolute atomic E-state index is 0.00449. The summed E-state index contributed by atoms with van der Waals surface area (Å²) in [6.07, 6.45) is 0.920. The van der Waals surface area contributed by atoms with E-state index >= 15 is 0 Å². The number of phenols is 1. The molecule has 0 bridgehead atoms. The highest BCUT2D eigenvalue weighted by molar-refractivity contribution is 7.51. The van der Waals surface area contributed by atoms with Crippen LogP contribution in [0, 0.1) is 12.7 Å². The average molecular weight is 394 g/mol. The number of halogens is 1. The molecule has 1 unspecified atom stereocenters. The monoisotopic (exact) mass is 394 g/mol. The van der Waals surface area contributed by atoms with Crippen molar-refractivity contribution < 1.29 is 28.6 Å². The molecule has 2 aromatic rings. The normalized spacial score (nSPS) is 16.6. The third-order valence-corrected chi connectivity index (χ3v) is 5.50. The van der Waals surface area contributed by atoms with Crippen molar-refractivity contribution in [2.75, 3.05) is 6.35 Å². The van der Waals surface area contributed by atoms with Gasteiger partial charge >= 0.3 is 7.60 Å². The van der Waals surface area contributed by atoms with Gasteiger partial charge < -0.3 is 19.6 Å². The first-order valence-electron chi connectivity index (χ1n) is 8.90. The number of ether oxygens (including phenoxy) is 1. The zero-order valence-corrected chi connectivity index (χ0v) is 16.5. The summed E-state index contributed by atoms with van der Waals surface area (Å²) in [6, 6.07) is 6.84. The molecule has 0 amide bonds. The van der Waals surface area contributed by atoms with Crippen LogP contribution < -0.4 is 4.74 Å². The molecule has 5 nitrogen and oxygen atoms in total. The smallest absolute Gasteiger partial charge is 0.362 e. The maximum Gasteiger partial charge on any atom is 0.362 e. The minimum atomic E-state index is -4.24. The predicted molar refractivity (Wildman–Crippen MR) is 101 cm³/mol. The van der Waals surface area contributed by atoms with Crippen molar-refractivity contribution in [1.82, 2.24) is 0 Å². The van der Waals surface area contributed by atoms with E-state index in [1.54, 1.807) is 12.1 Å². The Kier molecular flexibility index (Phi) is 5.35. The molecule has 3 rings (SSSR count). The highest BCUT2D eigenvalue weighted by atomic mass is 31.2. The predicted octanol–water partition coefficient (Wildman–Crippen LogP) is 4.56. The summed E-state index contributed by atoms with van der Waals surface area (Å²) >= 11 is 0. The van der Waals surface area contributed by atoms with Crippen molar-refractivity contribution in [3.63, 3.8) is 0 Å². The van der Waals surface area contributed by atoms with E-state index in [0.29, 0.717) is 11.3 Å². The topological polar surface area (TPSA) is 87.0 Å². The first-order valence-corrected chi connectivity index (χ1v) is 10.7. The number of hydrogen-bond donors (Lipinski definition) is 3. The Morgan fingerprint density at radius 1 is 1.26 bits per heavy atom. The largest absolute Gasteiger partial charge is 0.505 e. The molecular weight excluding hydrogens is 370 g/mol. The zero-order chi connectivity index (χ0) is 19.9. The molecule has 0 heterocycles. The van der Waals surface area contributed by atoms with Crippen LogP contribution in [0.4, 0.5) is 4.39 Å². The lowest BCUT2D eigenvalue weighted by Crippen LogP contribution is -2.03. The fraction of sp³-hybridized carbons (Fsp3) is 0.400. The first-order chi connectivity index (χ1) is 12.6. The van der Waals surface area contributed by atoms with Crippen molar-refractivity contribution in [2.24, 2.45) is 0 Å². The second-order valence-corrected chi connectivity index (χ2v) is 9.03. The van der Waals surface area contributed by atoms with Gasteiger partial charge in [-0.3, -0.25) is 4.57 Å². The molecule has 1 atom stereocenters. The van der Waals surface area contributed by atoms with Crippen molar-refractivity contribution in [3.05, 3.63) is 57.9 Å². The maximum atomic E-state index is 14.3. The van der Waals surface area contributed by atoms with Crippen LogP contribution in [-0.2, 0) is 11.0 Å². The van der Waals surface area contributed by atoms with Crippen LogP contribution in [0.2, 0.25) is 0 Å². The van der Waals surface area contributed by atoms with Crippen molar-refractivity contribution in [1.29, 1.82) is 0 Å². The summed E-state index contributed by atoms with van der Waals surface area (Å²) in [7, 11) is -4.24. The number of hydrogen-bond acceptors (Lipinski definition) is 3. The summed E-state index contributed by atoms with van der Waals surface area (Å²) < 4.78 is 30.5. The summed E-state index contributed by atoms with van der Waals surface area (Å²) in [5.41, 5.74) is 4.51. The highest BCUT2D eigenvalue weighted by Gasteiger charge is 2.28. The Bertz CT molecular complexity index is 919. The van der Waals surface area contributed by atoms with E-state index in [0.717, 1.165) is 35.1 Å². The summed E-state index contributed by atoms with van der Waals surface area (Å²) in [6.45, 7) is 5.75. The van der Waals surface area contributed by atoms with Gasteiger partial charge in [0.2, 0.25) is 0 Å². The van der Waals surface area contributed by atoms with E-state index in [2.05, 4.69) is 0 Å². The molecule has 1 aliphatic rings. The SMILES string of the molecule is Cc1cc(OCP(=O)(O)O)cc2c1C(c1cc(F)c(O)c(C(C)C)c1)CC2. The van der Waals surface area contributed by atoms with Gasteiger partial charge in [0.1, 0.15) is 5.75 Å². The van der Waals surface area contributed by atoms with Gasteiger partial charge in [-0.15, -0.1) is 0 Å². The van der Waals surface area contributed by atoms with Crippen LogP contribution >= 0.6 is 7.60 Å². The highest BCUT2D eigenvalue weighted by Crippen LogP contribution is 2.44. The molecule has 7 heteroatoms. The van der Waals surface area contributed by atoms with Crippen molar-refractivity contribution >= 4 is 7.60 Å². The van der Waals surface area contributed by atoms with Crippen LogP contribution in [0.1, 0.15) is 59.9 Å². The van der Waals surface area contributed by atoms with Gasteiger partial charge in [0.25, 0.3) is 0 Å². The molecule has 0 fully saturated rings. The number of aromatic hydroxyl groups is 1. The number of rotatable bonds is 5. The molecule has 0 spiro atoms. The van der Waals surface area contributed by atoms with Gasteiger partial charge in [-0.2, -0.15) is 0 Å². The van der Waals surface area contributed by atoms with E-state index < -0.39 is 19.8 Å². The quantitative estimate of drug-likeness (QED) is 0.648. The fourth-order valence-corrected chi connectivity index (χ4v) is 4.16. The second kappa shape index (κ2) is 7.27. The lowest BCUT2D eigenvalue weighted by atomic mass is 9.87. The average Bonchev–Trinajstić information content (AvgIpc) is 2.99. The molecule has 0 aromatic heterocycles. The van der Waals surface area contributed by atoms with Gasteiger partial charge in [0.15, 0.2) is 17.9 Å². The third-order valence-electron chi connectivity index (χ3n) is 5.04. The van der Waals surface area contributed by atoms with Gasteiger partial charge in [-0.1, -0.05) is 19.9 Å². The van der Waals surface area contributed by atoms with Crippen molar-refractivity contribution in [3.8, 4) is 11.5 Å². The van der Waals surface area contributed by atoms with E-state index in [-0.39, 0.29) is 17.6 Å². The van der Waals surface area contributed by atoms with Crippen LogP contribution in [0.3, 0.4) is 0 Å². The zero-order valence-electron chi connectivity index (χ0n) is 15.6. The van der Waals surface area contributed by atoms with Crippen molar-refractivity contribution in [2.45, 2.75) is 45.4 Å². The Hall–Kier alpha value is -1.88. The molecule has 146 valence electrons. The maximum absolute atomic E-state index is 14.3. The van der Waals surface area contributed by atoms with Crippen LogP contribution in [0.25, 0.3) is 0 Å². The third kappa shape index (κ3) is 4.18. The van der Waals surface area contributed by atoms with Crippen LogP contribution in [-0.4, -0.2) is 21.2 Å². The van der Waals surface area contributed by atoms with E-state index in [9.17, 15) is 14.1 Å². The Morgan fingerprint density at radius 3 is 2.59 bits per heavy atom. The molecule has 0 radical (unpaired) electrons. The molecule has 1 aliphatic carbocycles. The molecular formula is C20H24FO5P. The molecule has 27 heavy (non-hydrogen) atoms. The molecule has 0 saturated heterocycles. The molecule has 3 N–H and O–H groups in total. The standard InChI is InChI=1S/C20H24FO5P/c1-11(2)17-8-14(9-18(21)20(17)22)16-5-4-13-7-15(6-12(3)19(13)16)26-10-27(23,24)25/h6-9,11,16,22H,4-5,10H2,1-3H3,(H2,23,24,25). The van der Waals surface area contributed by atoms with Crippen LogP contribution in [0.15, 0.2) is 24.3 Å². The van der Waals surface area contributed by atoms with Gasteiger partial charge in [-0.05, 0) is 71.7 Å². The number of phenolic OH excluding ortho intramolecular Hbond substituents is 1. The number of aryl methyl sites for hydroxylation is 2. The van der Waals surface area contributed by atoms with Gasteiger partial charge in [0, 0.05) is 5.92 Å².